The first kappa shape index (κ1) is 15.0. The number of hydrogen-bond donors (Lipinski definition) is 3. The fourth-order valence-electron chi connectivity index (χ4n) is 2.19. The molecule has 1 saturated carbocycles. The van der Waals surface area contributed by atoms with Crippen LogP contribution < -0.4 is 4.72 Å². The number of aliphatic hydroxyl groups excluding tert-OH is 1. The van der Waals surface area contributed by atoms with Gasteiger partial charge >= 0.3 is 5.97 Å². The molecule has 0 aromatic carbocycles. The van der Waals surface area contributed by atoms with Gasteiger partial charge in [-0.1, -0.05) is 13.8 Å². The van der Waals surface area contributed by atoms with E-state index >= 15 is 0 Å². The van der Waals surface area contributed by atoms with E-state index in [1.165, 1.54) is 6.92 Å². The second-order valence-electron chi connectivity index (χ2n) is 5.58. The van der Waals surface area contributed by atoms with Crippen molar-refractivity contribution in [2.45, 2.75) is 44.2 Å². The number of nitrogens with one attached hydrogen (secondary N) is 1. The van der Waals surface area contributed by atoms with Crippen molar-refractivity contribution >= 4 is 16.0 Å². The average molecular weight is 303 g/mol. The quantitative estimate of drug-likeness (QED) is 0.754. The van der Waals surface area contributed by atoms with Crippen molar-refractivity contribution in [3.05, 3.63) is 17.6 Å². The van der Waals surface area contributed by atoms with E-state index in [1.54, 1.807) is 13.8 Å². The molecule has 7 nitrogen and oxygen atoms in total. The average Bonchev–Trinajstić information content (AvgIpc) is 2.72. The number of aryl methyl sites for hydroxylation is 1. The number of carboxylic acids is 1. The van der Waals surface area contributed by atoms with Gasteiger partial charge in [0.05, 0.1) is 6.10 Å². The lowest BCUT2D eigenvalue weighted by Crippen LogP contribution is -2.61. The summed E-state index contributed by atoms with van der Waals surface area (Å²) in [4.78, 5) is 10.6. The van der Waals surface area contributed by atoms with Crippen LogP contribution in [0.2, 0.25) is 0 Å². The molecule has 0 spiro atoms. The van der Waals surface area contributed by atoms with Crippen LogP contribution >= 0.6 is 0 Å². The summed E-state index contributed by atoms with van der Waals surface area (Å²) in [6.45, 7) is 4.92. The van der Waals surface area contributed by atoms with Gasteiger partial charge in [0, 0.05) is 17.5 Å². The number of furan rings is 1. The Kier molecular flexibility index (Phi) is 3.43. The fourth-order valence-corrected chi connectivity index (χ4v) is 3.77. The number of rotatable bonds is 4. The van der Waals surface area contributed by atoms with Crippen molar-refractivity contribution in [1.29, 1.82) is 0 Å². The molecule has 0 amide bonds. The number of carbonyl (C=O) groups is 1. The molecule has 1 fully saturated rings. The predicted octanol–water partition coefficient (Wildman–Crippen LogP) is 0.724. The van der Waals surface area contributed by atoms with Gasteiger partial charge in [-0.2, -0.15) is 0 Å². The molecule has 0 bridgehead atoms. The summed E-state index contributed by atoms with van der Waals surface area (Å²) >= 11 is 0. The molecular weight excluding hydrogens is 286 g/mol. The molecule has 0 saturated heterocycles. The molecule has 1 aromatic rings. The maximum atomic E-state index is 12.2. The van der Waals surface area contributed by atoms with E-state index in [0.717, 1.165) is 6.07 Å². The first-order chi connectivity index (χ1) is 9.05. The molecule has 2 atom stereocenters. The van der Waals surface area contributed by atoms with Gasteiger partial charge in [0.25, 0.3) is 0 Å². The maximum absolute atomic E-state index is 12.2. The van der Waals surface area contributed by atoms with Crippen LogP contribution in [-0.4, -0.2) is 36.7 Å². The zero-order valence-electron chi connectivity index (χ0n) is 11.4. The Morgan fingerprint density at radius 1 is 1.50 bits per heavy atom. The predicted molar refractivity (Wildman–Crippen MR) is 68.9 cm³/mol. The zero-order valence-corrected chi connectivity index (χ0v) is 12.2. The zero-order chi connectivity index (χ0) is 15.3. The van der Waals surface area contributed by atoms with Gasteiger partial charge in [0.2, 0.25) is 15.8 Å². The normalized spacial score (nSPS) is 25.2. The number of carboxylic acid groups (broad SMARTS) is 1. The van der Waals surface area contributed by atoms with Crippen LogP contribution in [0.3, 0.4) is 0 Å². The smallest absolute Gasteiger partial charge is 0.371 e. The Bertz CT molecular complexity index is 645. The second-order valence-corrected chi connectivity index (χ2v) is 7.27. The first-order valence-electron chi connectivity index (χ1n) is 6.10. The van der Waals surface area contributed by atoms with E-state index in [4.69, 9.17) is 9.52 Å². The minimum Gasteiger partial charge on any atom is -0.475 e. The fraction of sp³-hybridized carbons (Fsp3) is 0.583. The van der Waals surface area contributed by atoms with E-state index in [0.29, 0.717) is 6.42 Å². The molecular formula is C12H17NO6S. The Morgan fingerprint density at radius 3 is 2.50 bits per heavy atom. The lowest BCUT2D eigenvalue weighted by molar-refractivity contribution is -0.0645. The van der Waals surface area contributed by atoms with Crippen LogP contribution in [0.4, 0.5) is 0 Å². The van der Waals surface area contributed by atoms with Gasteiger partial charge in [-0.3, -0.25) is 0 Å². The third-order valence-corrected chi connectivity index (χ3v) is 5.47. The minimum absolute atomic E-state index is 0.0209. The first-order valence-corrected chi connectivity index (χ1v) is 7.58. The van der Waals surface area contributed by atoms with E-state index in [2.05, 4.69) is 4.72 Å². The molecule has 8 heteroatoms. The minimum atomic E-state index is -3.88. The van der Waals surface area contributed by atoms with Crippen LogP contribution in [0.5, 0.6) is 0 Å². The van der Waals surface area contributed by atoms with E-state index in [9.17, 15) is 18.3 Å². The Balaban J connectivity index is 2.26. The SMILES string of the molecule is Cc1oc(C(=O)O)cc1S(=O)(=O)NC1CC(O)C1(C)C. The third-order valence-electron chi connectivity index (χ3n) is 3.89. The van der Waals surface area contributed by atoms with Crippen molar-refractivity contribution in [2.75, 3.05) is 0 Å². The molecule has 1 heterocycles. The molecule has 2 rings (SSSR count). The van der Waals surface area contributed by atoms with Crippen molar-refractivity contribution in [1.82, 2.24) is 4.72 Å². The number of hydrogen-bond acceptors (Lipinski definition) is 5. The van der Waals surface area contributed by atoms with Gasteiger partial charge in [0.15, 0.2) is 0 Å². The topological polar surface area (TPSA) is 117 Å². The summed E-state index contributed by atoms with van der Waals surface area (Å²) in [6.07, 6.45) is -0.232. The van der Waals surface area contributed by atoms with Crippen molar-refractivity contribution in [2.24, 2.45) is 5.41 Å². The summed E-state index contributed by atoms with van der Waals surface area (Å²) in [7, 11) is -3.88. The lowest BCUT2D eigenvalue weighted by Gasteiger charge is -2.49. The maximum Gasteiger partial charge on any atom is 0.371 e. The van der Waals surface area contributed by atoms with Crippen molar-refractivity contribution < 1.29 is 27.8 Å². The monoisotopic (exact) mass is 303 g/mol. The molecule has 0 radical (unpaired) electrons. The van der Waals surface area contributed by atoms with Gasteiger partial charge in [-0.05, 0) is 13.3 Å². The lowest BCUT2D eigenvalue weighted by atomic mass is 9.65. The second kappa shape index (κ2) is 4.57. The standard InChI is InChI=1S/C12H17NO6S/c1-6-8(4-7(19-6)11(15)16)20(17,18)13-9-5-10(14)12(9,2)3/h4,9-10,13-14H,5H2,1-3H3,(H,15,16). The van der Waals surface area contributed by atoms with E-state index in [1.807, 2.05) is 0 Å². The number of aliphatic hydroxyl groups is 1. The summed E-state index contributed by atoms with van der Waals surface area (Å²) in [5.41, 5.74) is -0.555. The van der Waals surface area contributed by atoms with E-state index in [-0.39, 0.29) is 10.7 Å². The van der Waals surface area contributed by atoms with Gasteiger partial charge in [-0.15, -0.1) is 0 Å². The largest absolute Gasteiger partial charge is 0.475 e. The van der Waals surface area contributed by atoms with Gasteiger partial charge in [-0.25, -0.2) is 17.9 Å². The molecule has 0 aliphatic heterocycles. The molecule has 3 N–H and O–H groups in total. The molecule has 1 aromatic heterocycles. The van der Waals surface area contributed by atoms with Crippen LogP contribution in [0.1, 0.15) is 36.6 Å². The van der Waals surface area contributed by atoms with Crippen LogP contribution in [-0.2, 0) is 10.0 Å². The third kappa shape index (κ3) is 2.34. The summed E-state index contributed by atoms with van der Waals surface area (Å²) in [6, 6.07) is 0.590. The highest BCUT2D eigenvalue weighted by Crippen LogP contribution is 2.41. The highest BCUT2D eigenvalue weighted by Gasteiger charge is 2.49. The molecule has 112 valence electrons. The molecule has 20 heavy (non-hydrogen) atoms. The van der Waals surface area contributed by atoms with Crippen LogP contribution in [0, 0.1) is 12.3 Å². The van der Waals surface area contributed by atoms with Crippen LogP contribution in [0.15, 0.2) is 15.4 Å². The van der Waals surface area contributed by atoms with Crippen LogP contribution in [0.25, 0.3) is 0 Å². The molecule has 1 aliphatic carbocycles. The summed E-state index contributed by atoms with van der Waals surface area (Å²) in [5, 5.41) is 18.4. The molecule has 2 unspecified atom stereocenters. The summed E-state index contributed by atoms with van der Waals surface area (Å²) in [5.74, 6) is -1.72. The number of aromatic carboxylic acids is 1. The van der Waals surface area contributed by atoms with Crippen molar-refractivity contribution in [3.8, 4) is 0 Å². The Labute approximate surface area is 116 Å². The molecule has 1 aliphatic rings. The highest BCUT2D eigenvalue weighted by atomic mass is 32.2. The van der Waals surface area contributed by atoms with Crippen molar-refractivity contribution in [3.63, 3.8) is 0 Å². The summed E-state index contributed by atoms with van der Waals surface area (Å²) < 4.78 is 31.9. The Hall–Kier alpha value is -1.38. The van der Waals surface area contributed by atoms with Gasteiger partial charge in [0.1, 0.15) is 10.7 Å². The number of sulfonamides is 1. The van der Waals surface area contributed by atoms with E-state index < -0.39 is 39.3 Å². The van der Waals surface area contributed by atoms with Gasteiger partial charge < -0.3 is 14.6 Å². The highest BCUT2D eigenvalue weighted by molar-refractivity contribution is 7.89. The Morgan fingerprint density at radius 2 is 2.10 bits per heavy atom.